The molecule has 21 heavy (non-hydrogen) atoms. The highest BCUT2D eigenvalue weighted by atomic mass is 16.1. The zero-order valence-electron chi connectivity index (χ0n) is 11.3. The van der Waals surface area contributed by atoms with Crippen LogP contribution in [0.2, 0.25) is 0 Å². The highest BCUT2D eigenvalue weighted by molar-refractivity contribution is 6.04. The molecule has 0 aliphatic rings. The predicted molar refractivity (Wildman–Crippen MR) is 82.9 cm³/mol. The maximum Gasteiger partial charge on any atom is 0.257 e. The zero-order valence-corrected chi connectivity index (χ0v) is 11.3. The van der Waals surface area contributed by atoms with Crippen LogP contribution in [0.4, 0.5) is 5.69 Å². The molecule has 0 aliphatic carbocycles. The first-order valence-corrected chi connectivity index (χ1v) is 6.61. The molecule has 3 heteroatoms. The van der Waals surface area contributed by atoms with Gasteiger partial charge < -0.3 is 5.32 Å². The minimum Gasteiger partial charge on any atom is -0.322 e. The van der Waals surface area contributed by atoms with Crippen molar-refractivity contribution in [2.45, 2.75) is 0 Å². The Balaban J connectivity index is 1.75. The van der Waals surface area contributed by atoms with Gasteiger partial charge in [-0.25, -0.2) is 0 Å². The largest absolute Gasteiger partial charge is 0.322 e. The first kappa shape index (κ1) is 13.1. The van der Waals surface area contributed by atoms with E-state index in [9.17, 15) is 4.79 Å². The van der Waals surface area contributed by atoms with Gasteiger partial charge in [0.15, 0.2) is 0 Å². The molecule has 0 atom stereocenters. The number of carbonyl (C=O) groups excluding carboxylic acids is 1. The van der Waals surface area contributed by atoms with Gasteiger partial charge in [-0.3, -0.25) is 9.78 Å². The van der Waals surface area contributed by atoms with Crippen molar-refractivity contribution in [1.29, 1.82) is 0 Å². The highest BCUT2D eigenvalue weighted by Crippen LogP contribution is 2.21. The van der Waals surface area contributed by atoms with Crippen molar-refractivity contribution in [3.05, 3.63) is 84.7 Å². The van der Waals surface area contributed by atoms with Gasteiger partial charge in [0.05, 0.1) is 5.56 Å². The predicted octanol–water partition coefficient (Wildman–Crippen LogP) is 3.80. The summed E-state index contributed by atoms with van der Waals surface area (Å²) >= 11 is 0. The SMILES string of the molecule is O=C(Nc1ccc(-c2cc[c]cc2)cc1)c1cccnc1. The molecule has 2 aromatic carbocycles. The summed E-state index contributed by atoms with van der Waals surface area (Å²) in [4.78, 5) is 16.0. The van der Waals surface area contributed by atoms with Crippen LogP contribution in [-0.2, 0) is 0 Å². The Bertz CT molecular complexity index is 722. The van der Waals surface area contributed by atoms with E-state index in [1.807, 2.05) is 48.5 Å². The van der Waals surface area contributed by atoms with Crippen molar-refractivity contribution >= 4 is 11.6 Å². The molecular formula is C18H13N2O. The Hall–Kier alpha value is -2.94. The van der Waals surface area contributed by atoms with E-state index in [1.54, 1.807) is 24.5 Å². The van der Waals surface area contributed by atoms with Crippen LogP contribution in [-0.4, -0.2) is 10.9 Å². The van der Waals surface area contributed by atoms with Crippen molar-refractivity contribution in [3.8, 4) is 11.1 Å². The molecule has 1 aromatic heterocycles. The molecule has 0 saturated carbocycles. The molecule has 1 N–H and O–H groups in total. The van der Waals surface area contributed by atoms with Gasteiger partial charge >= 0.3 is 0 Å². The Morgan fingerprint density at radius 3 is 2.33 bits per heavy atom. The molecule has 0 unspecified atom stereocenters. The van der Waals surface area contributed by atoms with Gasteiger partial charge in [0.25, 0.3) is 5.91 Å². The van der Waals surface area contributed by atoms with Crippen molar-refractivity contribution in [2.24, 2.45) is 0 Å². The summed E-state index contributed by atoms with van der Waals surface area (Å²) in [5, 5.41) is 2.85. The quantitative estimate of drug-likeness (QED) is 0.788. The molecular weight excluding hydrogens is 260 g/mol. The van der Waals surface area contributed by atoms with Crippen LogP contribution in [0, 0.1) is 6.07 Å². The van der Waals surface area contributed by atoms with Gasteiger partial charge in [0.1, 0.15) is 0 Å². The maximum absolute atomic E-state index is 12.0. The number of amides is 1. The number of anilines is 1. The van der Waals surface area contributed by atoms with E-state index in [1.165, 1.54) is 0 Å². The van der Waals surface area contributed by atoms with Crippen LogP contribution in [0.15, 0.2) is 73.1 Å². The van der Waals surface area contributed by atoms with E-state index in [-0.39, 0.29) is 5.91 Å². The van der Waals surface area contributed by atoms with E-state index >= 15 is 0 Å². The van der Waals surface area contributed by atoms with E-state index in [2.05, 4.69) is 16.4 Å². The highest BCUT2D eigenvalue weighted by Gasteiger charge is 2.05. The molecule has 1 heterocycles. The molecule has 0 aliphatic heterocycles. The average molecular weight is 273 g/mol. The molecule has 3 rings (SSSR count). The summed E-state index contributed by atoms with van der Waals surface area (Å²) in [6.07, 6.45) is 3.19. The summed E-state index contributed by atoms with van der Waals surface area (Å²) < 4.78 is 0. The topological polar surface area (TPSA) is 42.0 Å². The van der Waals surface area contributed by atoms with Crippen LogP contribution in [0.1, 0.15) is 10.4 Å². The first-order chi connectivity index (χ1) is 10.3. The Morgan fingerprint density at radius 2 is 1.67 bits per heavy atom. The van der Waals surface area contributed by atoms with E-state index in [4.69, 9.17) is 0 Å². The number of nitrogens with one attached hydrogen (secondary N) is 1. The molecule has 0 saturated heterocycles. The van der Waals surface area contributed by atoms with E-state index < -0.39 is 0 Å². The van der Waals surface area contributed by atoms with Crippen LogP contribution in [0.5, 0.6) is 0 Å². The summed E-state index contributed by atoms with van der Waals surface area (Å²) in [6.45, 7) is 0. The Kier molecular flexibility index (Phi) is 3.74. The lowest BCUT2D eigenvalue weighted by Gasteiger charge is -2.06. The van der Waals surface area contributed by atoms with Crippen LogP contribution in [0.25, 0.3) is 11.1 Å². The van der Waals surface area contributed by atoms with Crippen molar-refractivity contribution in [1.82, 2.24) is 4.98 Å². The Morgan fingerprint density at radius 1 is 0.952 bits per heavy atom. The minimum atomic E-state index is -0.162. The second-order valence-electron chi connectivity index (χ2n) is 4.56. The van der Waals surface area contributed by atoms with E-state index in [0.29, 0.717) is 5.56 Å². The summed E-state index contributed by atoms with van der Waals surface area (Å²) in [5.41, 5.74) is 3.53. The van der Waals surface area contributed by atoms with Crippen molar-refractivity contribution < 1.29 is 4.79 Å². The third-order valence-corrected chi connectivity index (χ3v) is 3.12. The van der Waals surface area contributed by atoms with Crippen LogP contribution in [0.3, 0.4) is 0 Å². The van der Waals surface area contributed by atoms with Crippen molar-refractivity contribution in [2.75, 3.05) is 5.32 Å². The standard InChI is InChI=1S/C18H13N2O/c21-18(16-7-4-12-19-13-16)20-17-10-8-15(9-11-17)14-5-2-1-3-6-14/h2-13H,(H,20,21). The van der Waals surface area contributed by atoms with Crippen molar-refractivity contribution in [3.63, 3.8) is 0 Å². The van der Waals surface area contributed by atoms with E-state index in [0.717, 1.165) is 16.8 Å². The normalized spacial score (nSPS) is 10.1. The molecule has 0 spiro atoms. The lowest BCUT2D eigenvalue weighted by molar-refractivity contribution is 0.102. The lowest BCUT2D eigenvalue weighted by atomic mass is 10.1. The number of hydrogen-bond donors (Lipinski definition) is 1. The molecule has 3 nitrogen and oxygen atoms in total. The first-order valence-electron chi connectivity index (χ1n) is 6.61. The molecule has 0 fully saturated rings. The van der Waals surface area contributed by atoms with Gasteiger partial charge in [-0.05, 0) is 41.5 Å². The van der Waals surface area contributed by atoms with Gasteiger partial charge in [0, 0.05) is 18.1 Å². The van der Waals surface area contributed by atoms with Gasteiger partial charge in [0.2, 0.25) is 0 Å². The molecule has 3 aromatic rings. The fourth-order valence-electron chi connectivity index (χ4n) is 2.03. The monoisotopic (exact) mass is 273 g/mol. The number of hydrogen-bond acceptors (Lipinski definition) is 2. The summed E-state index contributed by atoms with van der Waals surface area (Å²) in [5.74, 6) is -0.162. The lowest BCUT2D eigenvalue weighted by Crippen LogP contribution is -2.11. The average Bonchev–Trinajstić information content (AvgIpc) is 2.57. The molecule has 101 valence electrons. The second-order valence-corrected chi connectivity index (χ2v) is 4.56. The smallest absolute Gasteiger partial charge is 0.257 e. The third kappa shape index (κ3) is 3.15. The number of nitrogens with zero attached hydrogens (tertiary/aromatic N) is 1. The molecule has 0 bridgehead atoms. The van der Waals surface area contributed by atoms with Gasteiger partial charge in [-0.2, -0.15) is 0 Å². The number of pyridine rings is 1. The Labute approximate surface area is 123 Å². The van der Waals surface area contributed by atoms with Crippen LogP contribution >= 0.6 is 0 Å². The fourth-order valence-corrected chi connectivity index (χ4v) is 2.03. The minimum absolute atomic E-state index is 0.162. The molecule has 1 amide bonds. The summed E-state index contributed by atoms with van der Waals surface area (Å²) in [7, 11) is 0. The number of benzene rings is 2. The van der Waals surface area contributed by atoms with Gasteiger partial charge in [-0.1, -0.05) is 36.4 Å². The maximum atomic E-state index is 12.0. The third-order valence-electron chi connectivity index (χ3n) is 3.12. The summed E-state index contributed by atoms with van der Waals surface area (Å²) in [6, 6.07) is 22.0. The second kappa shape index (κ2) is 6.01. The fraction of sp³-hybridized carbons (Fsp3) is 0. The van der Waals surface area contributed by atoms with Crippen LogP contribution < -0.4 is 5.32 Å². The number of carbonyl (C=O) groups is 1. The molecule has 1 radical (unpaired) electrons. The number of aromatic nitrogens is 1. The number of rotatable bonds is 3. The van der Waals surface area contributed by atoms with Gasteiger partial charge in [-0.15, -0.1) is 0 Å². The zero-order chi connectivity index (χ0) is 14.5.